The molecule has 1 atom stereocenters. The second-order valence-corrected chi connectivity index (χ2v) is 3.96. The molecule has 0 radical (unpaired) electrons. The van der Waals surface area contributed by atoms with Gasteiger partial charge in [0.2, 0.25) is 0 Å². The van der Waals surface area contributed by atoms with Gasteiger partial charge in [-0.3, -0.25) is 9.48 Å². The Balaban J connectivity index is 2.47. The van der Waals surface area contributed by atoms with E-state index in [1.54, 1.807) is 19.3 Å². The van der Waals surface area contributed by atoms with Crippen LogP contribution in [0.5, 0.6) is 0 Å². The van der Waals surface area contributed by atoms with Crippen LogP contribution >= 0.6 is 0 Å². The molecular formula is C10H18N4O. The Bertz CT molecular complexity index is 332. The molecule has 1 rings (SSSR count). The molecule has 0 saturated heterocycles. The van der Waals surface area contributed by atoms with Crippen LogP contribution in [0.15, 0.2) is 12.3 Å². The third-order valence-corrected chi connectivity index (χ3v) is 2.41. The van der Waals surface area contributed by atoms with Gasteiger partial charge < -0.3 is 11.1 Å². The first-order valence-corrected chi connectivity index (χ1v) is 5.04. The summed E-state index contributed by atoms with van der Waals surface area (Å²) < 4.78 is 1.54. The number of aryl methyl sites for hydroxylation is 1. The zero-order valence-electron chi connectivity index (χ0n) is 9.40. The largest absolute Gasteiger partial charge is 0.349 e. The number of nitrogens with zero attached hydrogens (tertiary/aromatic N) is 2. The average Bonchev–Trinajstić information content (AvgIpc) is 2.60. The van der Waals surface area contributed by atoms with Crippen LogP contribution in [0.4, 0.5) is 0 Å². The van der Waals surface area contributed by atoms with E-state index >= 15 is 0 Å². The highest BCUT2D eigenvalue weighted by atomic mass is 16.2. The number of nitrogens with two attached hydrogens (primary N) is 1. The minimum atomic E-state index is -0.133. The molecule has 0 aliphatic rings. The van der Waals surface area contributed by atoms with E-state index in [1.807, 2.05) is 13.8 Å². The molecule has 0 bridgehead atoms. The van der Waals surface area contributed by atoms with Gasteiger partial charge >= 0.3 is 0 Å². The molecule has 1 unspecified atom stereocenters. The fourth-order valence-electron chi connectivity index (χ4n) is 1.13. The van der Waals surface area contributed by atoms with Crippen molar-refractivity contribution < 1.29 is 4.79 Å². The van der Waals surface area contributed by atoms with Crippen LogP contribution < -0.4 is 11.1 Å². The molecule has 0 saturated carbocycles. The second-order valence-electron chi connectivity index (χ2n) is 3.96. The summed E-state index contributed by atoms with van der Waals surface area (Å²) in [6, 6.07) is 1.66. The molecule has 3 N–H and O–H groups in total. The van der Waals surface area contributed by atoms with Gasteiger partial charge in [-0.2, -0.15) is 5.10 Å². The van der Waals surface area contributed by atoms with Crippen LogP contribution in [-0.2, 0) is 7.05 Å². The minimum absolute atomic E-state index is 0.0119. The van der Waals surface area contributed by atoms with Crippen molar-refractivity contribution in [3.63, 3.8) is 0 Å². The monoisotopic (exact) mass is 210 g/mol. The Morgan fingerprint density at radius 3 is 2.80 bits per heavy atom. The summed E-state index contributed by atoms with van der Waals surface area (Å²) in [4.78, 5) is 11.6. The fraction of sp³-hybridized carbons (Fsp3) is 0.600. The lowest BCUT2D eigenvalue weighted by molar-refractivity contribution is 0.0940. The maximum atomic E-state index is 11.6. The molecule has 0 fully saturated rings. The summed E-state index contributed by atoms with van der Waals surface area (Å²) in [7, 11) is 1.73. The lowest BCUT2D eigenvalue weighted by Gasteiger charge is -2.15. The van der Waals surface area contributed by atoms with Crippen molar-refractivity contribution in [2.45, 2.75) is 19.9 Å². The van der Waals surface area contributed by atoms with Gasteiger partial charge in [0.15, 0.2) is 0 Å². The van der Waals surface area contributed by atoms with Crippen molar-refractivity contribution in [2.75, 3.05) is 6.54 Å². The summed E-state index contributed by atoms with van der Waals surface area (Å²) in [5.41, 5.74) is 6.37. The quantitative estimate of drug-likeness (QED) is 0.742. The molecule has 1 heterocycles. The van der Waals surface area contributed by atoms with Crippen molar-refractivity contribution in [1.82, 2.24) is 15.1 Å². The van der Waals surface area contributed by atoms with Gasteiger partial charge in [0.25, 0.3) is 5.91 Å². The number of rotatable bonds is 4. The Labute approximate surface area is 89.6 Å². The van der Waals surface area contributed by atoms with Crippen LogP contribution in [0.1, 0.15) is 24.3 Å². The van der Waals surface area contributed by atoms with Crippen molar-refractivity contribution >= 4 is 5.91 Å². The number of hydrogen-bond donors (Lipinski definition) is 2. The lowest BCUT2D eigenvalue weighted by atomic mass is 10.1. The first-order valence-electron chi connectivity index (χ1n) is 5.04. The van der Waals surface area contributed by atoms with E-state index in [-0.39, 0.29) is 11.9 Å². The molecule has 84 valence electrons. The molecule has 0 spiro atoms. The van der Waals surface area contributed by atoms with Crippen molar-refractivity contribution in [2.24, 2.45) is 18.7 Å². The van der Waals surface area contributed by atoms with Crippen LogP contribution in [0, 0.1) is 5.92 Å². The van der Waals surface area contributed by atoms with Crippen molar-refractivity contribution in [3.8, 4) is 0 Å². The van der Waals surface area contributed by atoms with Gasteiger partial charge in [-0.25, -0.2) is 0 Å². The van der Waals surface area contributed by atoms with E-state index < -0.39 is 0 Å². The molecule has 1 aromatic heterocycles. The predicted molar refractivity (Wildman–Crippen MR) is 58.4 cm³/mol. The first-order chi connectivity index (χ1) is 7.02. The van der Waals surface area contributed by atoms with Gasteiger partial charge in [-0.15, -0.1) is 0 Å². The minimum Gasteiger partial charge on any atom is -0.349 e. The molecule has 1 aromatic rings. The molecule has 1 amide bonds. The molecule has 15 heavy (non-hydrogen) atoms. The highest BCUT2D eigenvalue weighted by molar-refractivity contribution is 5.92. The molecule has 5 heteroatoms. The Kier molecular flexibility index (Phi) is 3.85. The van der Waals surface area contributed by atoms with Crippen LogP contribution in [-0.4, -0.2) is 28.3 Å². The summed E-state index contributed by atoms with van der Waals surface area (Å²) in [5, 5.41) is 6.71. The highest BCUT2D eigenvalue weighted by Gasteiger charge is 2.12. The molecule has 0 aromatic carbocycles. The Morgan fingerprint density at radius 2 is 2.33 bits per heavy atom. The Hall–Kier alpha value is -1.36. The standard InChI is InChI=1S/C10H18N4O/c1-7(2)8(11)6-12-10(15)9-4-5-13-14(9)3/h4-5,7-8H,6,11H2,1-3H3,(H,12,15). The number of nitrogens with one attached hydrogen (secondary N) is 1. The van der Waals surface area contributed by atoms with E-state index in [0.717, 1.165) is 0 Å². The number of aromatic nitrogens is 2. The lowest BCUT2D eigenvalue weighted by Crippen LogP contribution is -2.40. The van der Waals surface area contributed by atoms with E-state index in [4.69, 9.17) is 5.73 Å². The van der Waals surface area contributed by atoms with Gasteiger partial charge in [0.05, 0.1) is 0 Å². The third kappa shape index (κ3) is 3.06. The maximum absolute atomic E-state index is 11.6. The van der Waals surface area contributed by atoms with Gasteiger partial charge in [-0.1, -0.05) is 13.8 Å². The van der Waals surface area contributed by atoms with Gasteiger partial charge in [-0.05, 0) is 12.0 Å². The van der Waals surface area contributed by atoms with E-state index in [1.165, 1.54) is 4.68 Å². The summed E-state index contributed by atoms with van der Waals surface area (Å²) in [6.45, 7) is 4.55. The topological polar surface area (TPSA) is 72.9 Å². The third-order valence-electron chi connectivity index (χ3n) is 2.41. The summed E-state index contributed by atoms with van der Waals surface area (Å²) >= 11 is 0. The summed E-state index contributed by atoms with van der Waals surface area (Å²) in [6.07, 6.45) is 1.59. The molecule has 0 aliphatic heterocycles. The SMILES string of the molecule is CC(C)C(N)CNC(=O)c1ccnn1C. The zero-order chi connectivity index (χ0) is 11.4. The second kappa shape index (κ2) is 4.93. The predicted octanol–water partition coefficient (Wildman–Crippen LogP) is 0.133. The van der Waals surface area contributed by atoms with Crippen LogP contribution in [0.25, 0.3) is 0 Å². The van der Waals surface area contributed by atoms with Crippen molar-refractivity contribution in [1.29, 1.82) is 0 Å². The van der Waals surface area contributed by atoms with E-state index in [0.29, 0.717) is 18.2 Å². The van der Waals surface area contributed by atoms with E-state index in [9.17, 15) is 4.79 Å². The van der Waals surface area contributed by atoms with Crippen molar-refractivity contribution in [3.05, 3.63) is 18.0 Å². The zero-order valence-corrected chi connectivity index (χ0v) is 9.40. The fourth-order valence-corrected chi connectivity index (χ4v) is 1.13. The Morgan fingerprint density at radius 1 is 1.67 bits per heavy atom. The van der Waals surface area contributed by atoms with Crippen LogP contribution in [0.3, 0.4) is 0 Å². The smallest absolute Gasteiger partial charge is 0.269 e. The summed E-state index contributed by atoms with van der Waals surface area (Å²) in [5.74, 6) is 0.225. The highest BCUT2D eigenvalue weighted by Crippen LogP contribution is 1.98. The normalized spacial score (nSPS) is 12.9. The molecular weight excluding hydrogens is 192 g/mol. The van der Waals surface area contributed by atoms with Gasteiger partial charge in [0, 0.05) is 25.8 Å². The van der Waals surface area contributed by atoms with E-state index in [2.05, 4.69) is 10.4 Å². The number of carbonyl (C=O) groups excluding carboxylic acids is 1. The first kappa shape index (κ1) is 11.7. The van der Waals surface area contributed by atoms with Gasteiger partial charge in [0.1, 0.15) is 5.69 Å². The molecule has 0 aliphatic carbocycles. The maximum Gasteiger partial charge on any atom is 0.269 e. The number of amides is 1. The van der Waals surface area contributed by atoms with Crippen LogP contribution in [0.2, 0.25) is 0 Å². The number of hydrogen-bond acceptors (Lipinski definition) is 3. The average molecular weight is 210 g/mol. The molecule has 5 nitrogen and oxygen atoms in total. The number of carbonyl (C=O) groups is 1.